The number of hydrogen-bond acceptors (Lipinski definition) is 12. The zero-order chi connectivity index (χ0) is 22.6. The summed E-state index contributed by atoms with van der Waals surface area (Å²) < 4.78 is 5.15. The van der Waals surface area contributed by atoms with Gasteiger partial charge in [0.15, 0.2) is 11.9 Å². The largest absolute Gasteiger partial charge is 0.355 e. The quantitative estimate of drug-likeness (QED) is 0.293. The average molecular weight is 458 g/mol. The summed E-state index contributed by atoms with van der Waals surface area (Å²) >= 11 is 1.18. The molecule has 1 aliphatic heterocycles. The molecule has 12 nitrogen and oxygen atoms in total. The SMILES string of the molecule is NC(N)(O)OC(C(=O)Nc1nnc(NC2CCN(c3cccnn3)C2)s1)c1ccccc1. The Morgan fingerprint density at radius 1 is 1.19 bits per heavy atom. The Bertz CT molecular complexity index is 1030. The third-order valence-corrected chi connectivity index (χ3v) is 5.47. The highest BCUT2D eigenvalue weighted by atomic mass is 32.1. The molecule has 13 heteroatoms. The zero-order valence-corrected chi connectivity index (χ0v) is 17.8. The number of anilines is 3. The number of ether oxygens (including phenoxy) is 1. The molecule has 0 bridgehead atoms. The summed E-state index contributed by atoms with van der Waals surface area (Å²) in [5.74, 6) is 0.233. The molecule has 3 heterocycles. The van der Waals surface area contributed by atoms with Gasteiger partial charge in [-0.25, -0.2) is 0 Å². The summed E-state index contributed by atoms with van der Waals surface area (Å²) in [6.45, 7) is 1.59. The number of benzene rings is 1. The Kier molecular flexibility index (Phi) is 6.53. The molecule has 3 aromatic rings. The van der Waals surface area contributed by atoms with Crippen molar-refractivity contribution in [2.75, 3.05) is 28.6 Å². The van der Waals surface area contributed by atoms with Gasteiger partial charge in [-0.15, -0.1) is 15.3 Å². The fraction of sp³-hybridized carbons (Fsp3) is 0.316. The molecule has 0 saturated carbocycles. The summed E-state index contributed by atoms with van der Waals surface area (Å²) in [6, 6.07) is 9.99. The molecule has 1 saturated heterocycles. The minimum Gasteiger partial charge on any atom is -0.355 e. The van der Waals surface area contributed by atoms with E-state index in [4.69, 9.17) is 16.2 Å². The Hall–Kier alpha value is -3.23. The van der Waals surface area contributed by atoms with Crippen LogP contribution in [0.1, 0.15) is 18.1 Å². The second kappa shape index (κ2) is 9.50. The maximum Gasteiger partial charge on any atom is 0.285 e. The third-order valence-electron chi connectivity index (χ3n) is 4.70. The van der Waals surface area contributed by atoms with Gasteiger partial charge in [0.1, 0.15) is 0 Å². The third kappa shape index (κ3) is 5.72. The highest BCUT2D eigenvalue weighted by Gasteiger charge is 2.30. The smallest absolute Gasteiger partial charge is 0.285 e. The van der Waals surface area contributed by atoms with Gasteiger partial charge in [-0.05, 0) is 24.1 Å². The van der Waals surface area contributed by atoms with Crippen LogP contribution in [0.25, 0.3) is 0 Å². The van der Waals surface area contributed by atoms with E-state index in [2.05, 4.69) is 35.9 Å². The molecular formula is C19H23N9O3S. The van der Waals surface area contributed by atoms with Crippen molar-refractivity contribution in [3.05, 3.63) is 54.2 Å². The molecule has 168 valence electrons. The van der Waals surface area contributed by atoms with Gasteiger partial charge in [0.2, 0.25) is 10.3 Å². The number of nitrogens with one attached hydrogen (secondary N) is 2. The standard InChI is InChI=1S/C19H23N9O3S/c20-19(21,30)31-15(12-5-2-1-3-6-12)16(29)24-18-27-26-17(32-18)23-13-8-10-28(11-13)14-7-4-9-22-25-14/h1-7,9,13,15,30H,8,10-11,20-21H2,(H,23,26)(H,24,27,29). The Morgan fingerprint density at radius 3 is 2.69 bits per heavy atom. The summed E-state index contributed by atoms with van der Waals surface area (Å²) in [5.41, 5.74) is 11.1. The number of aliphatic hydroxyl groups is 1. The molecule has 32 heavy (non-hydrogen) atoms. The van der Waals surface area contributed by atoms with E-state index in [0.29, 0.717) is 10.7 Å². The van der Waals surface area contributed by atoms with Gasteiger partial charge in [-0.3, -0.25) is 21.6 Å². The molecule has 1 aliphatic rings. The van der Waals surface area contributed by atoms with Crippen molar-refractivity contribution in [2.24, 2.45) is 11.5 Å². The molecule has 0 aliphatic carbocycles. The topological polar surface area (TPSA) is 177 Å². The zero-order valence-electron chi connectivity index (χ0n) is 17.0. The first kappa shape index (κ1) is 22.0. The lowest BCUT2D eigenvalue weighted by molar-refractivity contribution is -0.222. The van der Waals surface area contributed by atoms with Gasteiger partial charge in [0, 0.05) is 25.3 Å². The van der Waals surface area contributed by atoms with Gasteiger partial charge < -0.3 is 20.1 Å². The van der Waals surface area contributed by atoms with Crippen LogP contribution >= 0.6 is 11.3 Å². The van der Waals surface area contributed by atoms with Gasteiger partial charge in [-0.1, -0.05) is 41.7 Å². The van der Waals surface area contributed by atoms with Gasteiger partial charge >= 0.3 is 0 Å². The fourth-order valence-corrected chi connectivity index (χ4v) is 4.04. The van der Waals surface area contributed by atoms with E-state index in [1.807, 2.05) is 12.1 Å². The molecule has 1 fully saturated rings. The van der Waals surface area contributed by atoms with Gasteiger partial charge in [0.05, 0.1) is 0 Å². The van der Waals surface area contributed by atoms with E-state index in [9.17, 15) is 9.90 Å². The van der Waals surface area contributed by atoms with E-state index in [1.165, 1.54) is 11.3 Å². The summed E-state index contributed by atoms with van der Waals surface area (Å²) in [4.78, 5) is 14.9. The van der Waals surface area contributed by atoms with Crippen LogP contribution in [0.4, 0.5) is 16.1 Å². The van der Waals surface area contributed by atoms with Gasteiger partial charge in [-0.2, -0.15) is 5.10 Å². The maximum atomic E-state index is 12.8. The Morgan fingerprint density at radius 2 is 1.97 bits per heavy atom. The minimum absolute atomic E-state index is 0.151. The van der Waals surface area contributed by atoms with Crippen molar-refractivity contribution in [1.82, 2.24) is 20.4 Å². The van der Waals surface area contributed by atoms with Crippen LogP contribution in [-0.4, -0.2) is 56.6 Å². The summed E-state index contributed by atoms with van der Waals surface area (Å²) in [5, 5.41) is 32.6. The number of nitrogens with zero attached hydrogens (tertiary/aromatic N) is 5. The van der Waals surface area contributed by atoms with Crippen LogP contribution in [0.2, 0.25) is 0 Å². The summed E-state index contributed by atoms with van der Waals surface area (Å²) in [7, 11) is 0. The number of amides is 1. The first-order chi connectivity index (χ1) is 15.4. The van der Waals surface area contributed by atoms with Crippen LogP contribution in [0.15, 0.2) is 48.7 Å². The molecular weight excluding hydrogens is 434 g/mol. The van der Waals surface area contributed by atoms with Crippen molar-refractivity contribution in [2.45, 2.75) is 24.6 Å². The van der Waals surface area contributed by atoms with Gasteiger partial charge in [0.25, 0.3) is 11.9 Å². The normalized spacial score (nSPS) is 17.2. The molecule has 1 aromatic carbocycles. The number of aromatic nitrogens is 4. The lowest BCUT2D eigenvalue weighted by Crippen LogP contribution is -2.53. The van der Waals surface area contributed by atoms with E-state index in [1.54, 1.807) is 36.5 Å². The van der Waals surface area contributed by atoms with E-state index < -0.39 is 18.0 Å². The van der Waals surface area contributed by atoms with Crippen LogP contribution in [0.5, 0.6) is 0 Å². The van der Waals surface area contributed by atoms with Crippen molar-refractivity contribution >= 4 is 33.3 Å². The predicted molar refractivity (Wildman–Crippen MR) is 118 cm³/mol. The van der Waals surface area contributed by atoms with Crippen molar-refractivity contribution in [1.29, 1.82) is 0 Å². The van der Waals surface area contributed by atoms with E-state index >= 15 is 0 Å². The monoisotopic (exact) mass is 457 g/mol. The number of carbonyl (C=O) groups excluding carboxylic acids is 1. The predicted octanol–water partition coefficient (Wildman–Crippen LogP) is 0.236. The molecule has 0 spiro atoms. The van der Waals surface area contributed by atoms with Crippen molar-refractivity contribution in [3.8, 4) is 0 Å². The van der Waals surface area contributed by atoms with Crippen LogP contribution in [-0.2, 0) is 9.53 Å². The molecule has 7 N–H and O–H groups in total. The molecule has 4 rings (SSSR count). The number of hydrogen-bond donors (Lipinski definition) is 5. The van der Waals surface area contributed by atoms with E-state index in [0.717, 1.165) is 25.3 Å². The Labute approximate surface area is 187 Å². The second-order valence-electron chi connectivity index (χ2n) is 7.22. The second-order valence-corrected chi connectivity index (χ2v) is 8.20. The molecule has 2 atom stereocenters. The fourth-order valence-electron chi connectivity index (χ4n) is 3.32. The first-order valence-electron chi connectivity index (χ1n) is 9.84. The van der Waals surface area contributed by atoms with Crippen LogP contribution in [0, 0.1) is 0 Å². The first-order valence-corrected chi connectivity index (χ1v) is 10.7. The maximum absolute atomic E-state index is 12.8. The number of rotatable bonds is 8. The average Bonchev–Trinajstić information content (AvgIpc) is 3.42. The number of nitrogens with two attached hydrogens (primary N) is 2. The lowest BCUT2D eigenvalue weighted by Gasteiger charge is -2.24. The van der Waals surface area contributed by atoms with Crippen LogP contribution < -0.4 is 27.0 Å². The minimum atomic E-state index is -2.48. The van der Waals surface area contributed by atoms with Crippen molar-refractivity contribution < 1.29 is 14.6 Å². The lowest BCUT2D eigenvalue weighted by atomic mass is 10.1. The highest BCUT2D eigenvalue weighted by Crippen LogP contribution is 2.27. The highest BCUT2D eigenvalue weighted by molar-refractivity contribution is 7.19. The summed E-state index contributed by atoms with van der Waals surface area (Å²) in [6.07, 6.45) is 1.29. The molecule has 2 unspecified atom stereocenters. The molecule has 2 aromatic heterocycles. The molecule has 1 amide bonds. The van der Waals surface area contributed by atoms with E-state index in [-0.39, 0.29) is 11.2 Å². The molecule has 0 radical (unpaired) electrons. The van der Waals surface area contributed by atoms with Crippen LogP contribution in [0.3, 0.4) is 0 Å². The Balaban J connectivity index is 1.37. The number of carbonyl (C=O) groups is 1. The van der Waals surface area contributed by atoms with Crippen molar-refractivity contribution in [3.63, 3.8) is 0 Å².